The Hall–Kier alpha value is -1.33. The van der Waals surface area contributed by atoms with Crippen molar-refractivity contribution >= 4 is 5.97 Å². The van der Waals surface area contributed by atoms with Gasteiger partial charge in [0, 0.05) is 5.54 Å². The number of hydrogen-bond acceptors (Lipinski definition) is 4. The highest BCUT2D eigenvalue weighted by molar-refractivity contribution is 5.88. The van der Waals surface area contributed by atoms with E-state index in [4.69, 9.17) is 9.52 Å². The number of aliphatic hydroxyl groups is 1. The quantitative estimate of drug-likeness (QED) is 0.760. The van der Waals surface area contributed by atoms with Crippen LogP contribution in [0, 0.1) is 6.92 Å². The van der Waals surface area contributed by atoms with Gasteiger partial charge in [0.15, 0.2) is 0 Å². The van der Waals surface area contributed by atoms with Gasteiger partial charge in [-0.25, -0.2) is 4.79 Å². The van der Waals surface area contributed by atoms with Crippen LogP contribution in [0.3, 0.4) is 0 Å². The molecule has 0 unspecified atom stereocenters. The van der Waals surface area contributed by atoms with Gasteiger partial charge in [0.05, 0.1) is 13.2 Å². The van der Waals surface area contributed by atoms with Crippen molar-refractivity contribution in [3.05, 3.63) is 23.2 Å². The molecule has 19 heavy (non-hydrogen) atoms. The highest BCUT2D eigenvalue weighted by atomic mass is 16.4. The zero-order valence-electron chi connectivity index (χ0n) is 11.2. The Morgan fingerprint density at radius 2 is 2.11 bits per heavy atom. The van der Waals surface area contributed by atoms with Crippen LogP contribution in [0.15, 0.2) is 10.5 Å². The number of aliphatic hydroxyl groups excluding tert-OH is 1. The van der Waals surface area contributed by atoms with Crippen molar-refractivity contribution in [3.8, 4) is 0 Å². The van der Waals surface area contributed by atoms with E-state index < -0.39 is 5.97 Å². The molecule has 1 aromatic rings. The molecule has 106 valence electrons. The van der Waals surface area contributed by atoms with Crippen LogP contribution >= 0.6 is 0 Å². The maximum Gasteiger partial charge on any atom is 0.339 e. The number of furan rings is 1. The summed E-state index contributed by atoms with van der Waals surface area (Å²) in [5.74, 6) is 0.0568. The van der Waals surface area contributed by atoms with Crippen LogP contribution in [0.1, 0.15) is 54.0 Å². The summed E-state index contributed by atoms with van der Waals surface area (Å²) in [6.45, 7) is 2.21. The van der Waals surface area contributed by atoms with Gasteiger partial charge in [0.1, 0.15) is 17.1 Å². The Labute approximate surface area is 112 Å². The van der Waals surface area contributed by atoms with Crippen molar-refractivity contribution in [1.82, 2.24) is 5.32 Å². The first kappa shape index (κ1) is 14.1. The van der Waals surface area contributed by atoms with Crippen molar-refractivity contribution in [3.63, 3.8) is 0 Å². The van der Waals surface area contributed by atoms with Crippen LogP contribution in [0.2, 0.25) is 0 Å². The molecular weight excluding hydrogens is 246 g/mol. The minimum Gasteiger partial charge on any atom is -0.478 e. The third-order valence-electron chi connectivity index (χ3n) is 3.95. The predicted molar refractivity (Wildman–Crippen MR) is 70.1 cm³/mol. The van der Waals surface area contributed by atoms with Gasteiger partial charge in [0.2, 0.25) is 0 Å². The fourth-order valence-electron chi connectivity index (χ4n) is 2.74. The lowest BCUT2D eigenvalue weighted by Crippen LogP contribution is -2.49. The number of aryl methyl sites for hydroxylation is 1. The lowest BCUT2D eigenvalue weighted by atomic mass is 9.82. The van der Waals surface area contributed by atoms with Crippen LogP contribution in [-0.2, 0) is 6.54 Å². The lowest BCUT2D eigenvalue weighted by Gasteiger charge is -2.36. The largest absolute Gasteiger partial charge is 0.478 e. The van der Waals surface area contributed by atoms with Crippen molar-refractivity contribution in [2.24, 2.45) is 0 Å². The molecule has 5 nitrogen and oxygen atoms in total. The topological polar surface area (TPSA) is 82.7 Å². The third-order valence-corrected chi connectivity index (χ3v) is 3.95. The highest BCUT2D eigenvalue weighted by Gasteiger charge is 2.31. The van der Waals surface area contributed by atoms with Gasteiger partial charge in [-0.05, 0) is 25.8 Å². The summed E-state index contributed by atoms with van der Waals surface area (Å²) in [7, 11) is 0. The molecule has 1 aromatic heterocycles. The summed E-state index contributed by atoms with van der Waals surface area (Å²) in [4.78, 5) is 10.9. The third kappa shape index (κ3) is 3.16. The second kappa shape index (κ2) is 5.75. The summed E-state index contributed by atoms with van der Waals surface area (Å²) in [6.07, 6.45) is 5.35. The average molecular weight is 267 g/mol. The average Bonchev–Trinajstić information content (AvgIpc) is 2.79. The van der Waals surface area contributed by atoms with Gasteiger partial charge in [-0.1, -0.05) is 19.3 Å². The van der Waals surface area contributed by atoms with Crippen LogP contribution < -0.4 is 5.32 Å². The Kier molecular flexibility index (Phi) is 4.27. The monoisotopic (exact) mass is 267 g/mol. The predicted octanol–water partition coefficient (Wildman–Crippen LogP) is 2.07. The van der Waals surface area contributed by atoms with Gasteiger partial charge >= 0.3 is 5.97 Å². The van der Waals surface area contributed by atoms with E-state index in [1.807, 2.05) is 0 Å². The van der Waals surface area contributed by atoms with E-state index >= 15 is 0 Å². The summed E-state index contributed by atoms with van der Waals surface area (Å²) < 4.78 is 5.43. The van der Waals surface area contributed by atoms with Gasteiger partial charge in [-0.2, -0.15) is 0 Å². The molecule has 1 heterocycles. The first-order chi connectivity index (χ1) is 9.06. The Bertz CT molecular complexity index is 446. The molecule has 0 saturated heterocycles. The molecule has 0 amide bonds. The summed E-state index contributed by atoms with van der Waals surface area (Å²) >= 11 is 0. The van der Waals surface area contributed by atoms with E-state index in [9.17, 15) is 9.90 Å². The van der Waals surface area contributed by atoms with Crippen molar-refractivity contribution in [2.45, 2.75) is 51.1 Å². The summed E-state index contributed by atoms with van der Waals surface area (Å²) in [6, 6.07) is 1.55. The second-order valence-corrected chi connectivity index (χ2v) is 5.34. The van der Waals surface area contributed by atoms with Crippen LogP contribution in [0.4, 0.5) is 0 Å². The van der Waals surface area contributed by atoms with Crippen LogP contribution in [-0.4, -0.2) is 28.3 Å². The first-order valence-corrected chi connectivity index (χ1v) is 6.75. The number of nitrogens with one attached hydrogen (secondary N) is 1. The minimum atomic E-state index is -0.970. The second-order valence-electron chi connectivity index (χ2n) is 5.34. The number of rotatable bonds is 5. The van der Waals surface area contributed by atoms with E-state index in [0.29, 0.717) is 18.1 Å². The molecule has 3 N–H and O–H groups in total. The molecule has 0 atom stereocenters. The molecule has 0 aliphatic heterocycles. The Morgan fingerprint density at radius 3 is 2.63 bits per heavy atom. The zero-order valence-corrected chi connectivity index (χ0v) is 11.2. The summed E-state index contributed by atoms with van der Waals surface area (Å²) in [5.41, 5.74) is -0.0269. The lowest BCUT2D eigenvalue weighted by molar-refractivity contribution is 0.0695. The fraction of sp³-hybridized carbons (Fsp3) is 0.643. The molecule has 0 spiro atoms. The standard InChI is InChI=1S/C14H21NO4/c1-10-12(13(17)18)7-11(19-10)8-15-14(9-16)5-3-2-4-6-14/h7,15-16H,2-6,8-9H2,1H3,(H,17,18). The SMILES string of the molecule is Cc1oc(CNC2(CO)CCCCC2)cc1C(=O)O. The fourth-order valence-corrected chi connectivity index (χ4v) is 2.74. The van der Waals surface area contributed by atoms with Gasteiger partial charge in [-0.3, -0.25) is 0 Å². The smallest absolute Gasteiger partial charge is 0.339 e. The van der Waals surface area contributed by atoms with E-state index in [-0.39, 0.29) is 17.7 Å². The molecule has 1 fully saturated rings. The van der Waals surface area contributed by atoms with E-state index in [0.717, 1.165) is 25.7 Å². The zero-order chi connectivity index (χ0) is 13.9. The molecule has 0 aromatic carbocycles. The van der Waals surface area contributed by atoms with Crippen molar-refractivity contribution < 1.29 is 19.4 Å². The number of carboxylic acids is 1. The number of hydrogen-bond donors (Lipinski definition) is 3. The molecule has 2 rings (SSSR count). The molecule has 1 aliphatic carbocycles. The number of carbonyl (C=O) groups is 1. The van der Waals surface area contributed by atoms with E-state index in [2.05, 4.69) is 5.32 Å². The van der Waals surface area contributed by atoms with Gasteiger partial charge in [0.25, 0.3) is 0 Å². The van der Waals surface area contributed by atoms with Crippen molar-refractivity contribution in [1.29, 1.82) is 0 Å². The maximum atomic E-state index is 10.9. The molecular formula is C14H21NO4. The molecule has 1 saturated carbocycles. The Morgan fingerprint density at radius 1 is 1.42 bits per heavy atom. The number of aromatic carboxylic acids is 1. The van der Waals surface area contributed by atoms with Crippen LogP contribution in [0.5, 0.6) is 0 Å². The number of carboxylic acid groups (broad SMARTS) is 1. The molecule has 1 aliphatic rings. The summed E-state index contributed by atoms with van der Waals surface area (Å²) in [5, 5.41) is 21.9. The van der Waals surface area contributed by atoms with Crippen LogP contribution in [0.25, 0.3) is 0 Å². The molecule has 0 radical (unpaired) electrons. The Balaban J connectivity index is 2.01. The highest BCUT2D eigenvalue weighted by Crippen LogP contribution is 2.28. The van der Waals surface area contributed by atoms with Crippen molar-refractivity contribution in [2.75, 3.05) is 6.61 Å². The van der Waals surface area contributed by atoms with Gasteiger partial charge in [-0.15, -0.1) is 0 Å². The molecule has 0 bridgehead atoms. The van der Waals surface area contributed by atoms with Gasteiger partial charge < -0.3 is 19.9 Å². The van der Waals surface area contributed by atoms with E-state index in [1.54, 1.807) is 13.0 Å². The first-order valence-electron chi connectivity index (χ1n) is 6.75. The normalized spacial score (nSPS) is 18.4. The van der Waals surface area contributed by atoms with E-state index in [1.165, 1.54) is 6.42 Å². The maximum absolute atomic E-state index is 10.9. The minimum absolute atomic E-state index is 0.110. The molecule has 5 heteroatoms.